The van der Waals surface area contributed by atoms with Gasteiger partial charge in [0.2, 0.25) is 0 Å². The van der Waals surface area contributed by atoms with Crippen LogP contribution < -0.4 is 5.32 Å². The second-order valence-electron chi connectivity index (χ2n) is 5.09. The predicted molar refractivity (Wildman–Crippen MR) is 74.5 cm³/mol. The number of benzene rings is 1. The smallest absolute Gasteiger partial charge is 0.0716 e. The fraction of sp³-hybridized carbons (Fsp3) is 0.600. The van der Waals surface area contributed by atoms with Crippen molar-refractivity contribution in [2.45, 2.75) is 32.0 Å². The number of nitrogens with one attached hydrogen (secondary N) is 1. The standard InChI is InChI=1S/C15H24N2O/c1-17(15-7-8-15)10-9-16-11-13-5-3-4-6-14(13)12-18-2/h3-6,15-16H,7-12H2,1-2H3. The molecule has 0 aliphatic heterocycles. The molecule has 1 fully saturated rings. The van der Waals surface area contributed by atoms with Crippen LogP contribution in [-0.4, -0.2) is 38.2 Å². The third-order valence-corrected chi connectivity index (χ3v) is 3.55. The van der Waals surface area contributed by atoms with Gasteiger partial charge < -0.3 is 15.0 Å². The van der Waals surface area contributed by atoms with Crippen LogP contribution in [-0.2, 0) is 17.9 Å². The van der Waals surface area contributed by atoms with Crippen molar-refractivity contribution in [2.75, 3.05) is 27.2 Å². The van der Waals surface area contributed by atoms with E-state index in [0.717, 1.165) is 25.7 Å². The highest BCUT2D eigenvalue weighted by Crippen LogP contribution is 2.24. The fourth-order valence-corrected chi connectivity index (χ4v) is 2.20. The molecule has 0 heterocycles. The molecule has 1 aliphatic carbocycles. The molecule has 0 saturated heterocycles. The number of hydrogen-bond donors (Lipinski definition) is 1. The first-order valence-corrected chi connectivity index (χ1v) is 6.78. The van der Waals surface area contributed by atoms with Crippen LogP contribution in [0.25, 0.3) is 0 Å². The maximum Gasteiger partial charge on any atom is 0.0716 e. The molecule has 0 amide bonds. The summed E-state index contributed by atoms with van der Waals surface area (Å²) < 4.78 is 5.22. The summed E-state index contributed by atoms with van der Waals surface area (Å²) >= 11 is 0. The average molecular weight is 248 g/mol. The molecule has 100 valence electrons. The third-order valence-electron chi connectivity index (χ3n) is 3.55. The van der Waals surface area contributed by atoms with Gasteiger partial charge >= 0.3 is 0 Å². The number of ether oxygens (including phenoxy) is 1. The highest BCUT2D eigenvalue weighted by Gasteiger charge is 2.25. The Morgan fingerprint density at radius 1 is 1.28 bits per heavy atom. The second kappa shape index (κ2) is 6.88. The van der Waals surface area contributed by atoms with Crippen LogP contribution in [0.15, 0.2) is 24.3 Å². The van der Waals surface area contributed by atoms with E-state index in [2.05, 4.69) is 41.5 Å². The average Bonchev–Trinajstić information content (AvgIpc) is 3.21. The first-order chi connectivity index (χ1) is 8.81. The van der Waals surface area contributed by atoms with Gasteiger partial charge in [-0.3, -0.25) is 0 Å². The monoisotopic (exact) mass is 248 g/mol. The summed E-state index contributed by atoms with van der Waals surface area (Å²) in [5.74, 6) is 0. The third kappa shape index (κ3) is 4.09. The zero-order valence-corrected chi connectivity index (χ0v) is 11.5. The van der Waals surface area contributed by atoms with Crippen molar-refractivity contribution in [3.8, 4) is 0 Å². The van der Waals surface area contributed by atoms with Gasteiger partial charge in [0.1, 0.15) is 0 Å². The van der Waals surface area contributed by atoms with E-state index in [0.29, 0.717) is 6.61 Å². The Morgan fingerprint density at radius 3 is 2.67 bits per heavy atom. The second-order valence-corrected chi connectivity index (χ2v) is 5.09. The Balaban J connectivity index is 1.71. The van der Waals surface area contributed by atoms with Gasteiger partial charge in [0, 0.05) is 32.8 Å². The lowest BCUT2D eigenvalue weighted by atomic mass is 10.1. The van der Waals surface area contributed by atoms with Crippen molar-refractivity contribution in [1.82, 2.24) is 10.2 Å². The minimum absolute atomic E-state index is 0.694. The molecule has 0 bridgehead atoms. The summed E-state index contributed by atoms with van der Waals surface area (Å²) in [6.07, 6.45) is 2.76. The largest absolute Gasteiger partial charge is 0.380 e. The van der Waals surface area contributed by atoms with Gasteiger partial charge in [0.25, 0.3) is 0 Å². The minimum Gasteiger partial charge on any atom is -0.380 e. The van der Waals surface area contributed by atoms with E-state index in [4.69, 9.17) is 4.74 Å². The fourth-order valence-electron chi connectivity index (χ4n) is 2.20. The van der Waals surface area contributed by atoms with Crippen molar-refractivity contribution >= 4 is 0 Å². The Labute approximate surface area is 110 Å². The summed E-state index contributed by atoms with van der Waals surface area (Å²) in [4.78, 5) is 2.45. The van der Waals surface area contributed by atoms with E-state index in [-0.39, 0.29) is 0 Å². The van der Waals surface area contributed by atoms with Crippen molar-refractivity contribution in [3.05, 3.63) is 35.4 Å². The van der Waals surface area contributed by atoms with Gasteiger partial charge in [-0.25, -0.2) is 0 Å². The van der Waals surface area contributed by atoms with Gasteiger partial charge in [-0.15, -0.1) is 0 Å². The number of hydrogen-bond acceptors (Lipinski definition) is 3. The van der Waals surface area contributed by atoms with E-state index < -0.39 is 0 Å². The number of likely N-dealkylation sites (N-methyl/N-ethyl adjacent to an activating group) is 1. The molecule has 1 aromatic carbocycles. The van der Waals surface area contributed by atoms with Crippen LogP contribution in [0.5, 0.6) is 0 Å². The maximum absolute atomic E-state index is 5.22. The minimum atomic E-state index is 0.694. The van der Waals surface area contributed by atoms with Crippen molar-refractivity contribution < 1.29 is 4.74 Å². The molecule has 2 rings (SSSR count). The molecule has 0 radical (unpaired) electrons. The van der Waals surface area contributed by atoms with Crippen molar-refractivity contribution in [1.29, 1.82) is 0 Å². The van der Waals surface area contributed by atoms with E-state index in [1.165, 1.54) is 24.0 Å². The van der Waals surface area contributed by atoms with Crippen LogP contribution in [0.2, 0.25) is 0 Å². The van der Waals surface area contributed by atoms with Gasteiger partial charge in [-0.1, -0.05) is 24.3 Å². The number of methoxy groups -OCH3 is 1. The maximum atomic E-state index is 5.22. The molecule has 0 aromatic heterocycles. The zero-order chi connectivity index (χ0) is 12.8. The molecule has 3 nitrogen and oxygen atoms in total. The quantitative estimate of drug-likeness (QED) is 0.712. The van der Waals surface area contributed by atoms with Crippen LogP contribution in [0.3, 0.4) is 0 Å². The zero-order valence-electron chi connectivity index (χ0n) is 11.5. The van der Waals surface area contributed by atoms with Gasteiger partial charge in [-0.2, -0.15) is 0 Å². The molecule has 1 aliphatic rings. The molecule has 0 unspecified atom stereocenters. The van der Waals surface area contributed by atoms with Crippen molar-refractivity contribution in [3.63, 3.8) is 0 Å². The summed E-state index contributed by atoms with van der Waals surface area (Å²) in [6, 6.07) is 9.32. The lowest BCUT2D eigenvalue weighted by Gasteiger charge is -2.16. The Morgan fingerprint density at radius 2 is 2.00 bits per heavy atom. The summed E-state index contributed by atoms with van der Waals surface area (Å²) in [7, 11) is 3.97. The topological polar surface area (TPSA) is 24.5 Å². The molecule has 18 heavy (non-hydrogen) atoms. The SMILES string of the molecule is COCc1ccccc1CNCCN(C)C1CC1. The van der Waals surface area contributed by atoms with E-state index in [1.807, 2.05) is 0 Å². The summed E-state index contributed by atoms with van der Waals surface area (Å²) in [5, 5.41) is 3.52. The highest BCUT2D eigenvalue weighted by molar-refractivity contribution is 5.26. The van der Waals surface area contributed by atoms with Gasteiger partial charge in [0.05, 0.1) is 6.61 Å². The van der Waals surface area contributed by atoms with E-state index >= 15 is 0 Å². The van der Waals surface area contributed by atoms with Gasteiger partial charge in [0.15, 0.2) is 0 Å². The Kier molecular flexibility index (Phi) is 5.17. The van der Waals surface area contributed by atoms with Crippen molar-refractivity contribution in [2.24, 2.45) is 0 Å². The molecule has 0 spiro atoms. The normalized spacial score (nSPS) is 15.3. The molecular weight excluding hydrogens is 224 g/mol. The van der Waals surface area contributed by atoms with Crippen LogP contribution in [0.1, 0.15) is 24.0 Å². The molecule has 1 aromatic rings. The lowest BCUT2D eigenvalue weighted by molar-refractivity contribution is 0.184. The molecular formula is C15H24N2O. The molecule has 1 N–H and O–H groups in total. The number of nitrogens with zero attached hydrogens (tertiary/aromatic N) is 1. The van der Waals surface area contributed by atoms with E-state index in [9.17, 15) is 0 Å². The van der Waals surface area contributed by atoms with E-state index in [1.54, 1.807) is 7.11 Å². The highest BCUT2D eigenvalue weighted by atomic mass is 16.5. The van der Waals surface area contributed by atoms with Crippen LogP contribution >= 0.6 is 0 Å². The summed E-state index contributed by atoms with van der Waals surface area (Å²) in [6.45, 7) is 3.81. The first kappa shape index (κ1) is 13.5. The number of rotatable bonds is 8. The van der Waals surface area contributed by atoms with Crippen LogP contribution in [0, 0.1) is 0 Å². The van der Waals surface area contributed by atoms with Gasteiger partial charge in [-0.05, 0) is 31.0 Å². The Bertz CT molecular complexity index is 363. The summed E-state index contributed by atoms with van der Waals surface area (Å²) in [5.41, 5.74) is 2.62. The Hall–Kier alpha value is -0.900. The molecule has 0 atom stereocenters. The van der Waals surface area contributed by atoms with Crippen LogP contribution in [0.4, 0.5) is 0 Å². The lowest BCUT2D eigenvalue weighted by Crippen LogP contribution is -2.30. The molecule has 1 saturated carbocycles. The first-order valence-electron chi connectivity index (χ1n) is 6.78. The molecule has 3 heteroatoms. The predicted octanol–water partition coefficient (Wildman–Crippen LogP) is 2.02.